The molecule has 0 saturated carbocycles. The lowest BCUT2D eigenvalue weighted by Crippen LogP contribution is -2.57. The number of ether oxygens (including phenoxy) is 2. The molecule has 4 heterocycles. The molecule has 0 aromatic heterocycles. The van der Waals surface area contributed by atoms with Crippen molar-refractivity contribution in [3.8, 4) is 0 Å². The number of fused-ring (bicyclic) bond motifs is 2. The summed E-state index contributed by atoms with van der Waals surface area (Å²) in [6.45, 7) is 5.74. The lowest BCUT2D eigenvalue weighted by atomic mass is 9.77. The summed E-state index contributed by atoms with van der Waals surface area (Å²) in [5, 5.41) is 13.8. The van der Waals surface area contributed by atoms with Crippen molar-refractivity contribution in [2.45, 2.75) is 88.4 Å². The van der Waals surface area contributed by atoms with Gasteiger partial charge in [0.25, 0.3) is 0 Å². The Morgan fingerprint density at radius 2 is 1.71 bits per heavy atom. The first-order valence-corrected chi connectivity index (χ1v) is 17.1. The number of allylic oxidation sites excluding steroid dienone is 1. The standard InChI is InChI=1S/C38H45N3O7/c1-4-14-24(2)40-22-13-21-38-32(35(44)41(34(38)36(40)45)28(23-42)26-15-7-5-8-16-26)31-29(48-38)19-11-12-20-30(43)39-25(3)33(47-37(31)46)27-17-9-6-10-18-27/h5-11,13,15-19,21,24-25,28-29,31-34,42H,4,12,14,20,22-23H2,1-3H3,(H,39,43)/b19-11-/t24?,25-,28+,29-,31+,32+,33+,34-,38+/m0/s1. The number of nitrogens with zero attached hydrogens (tertiary/aromatic N) is 2. The summed E-state index contributed by atoms with van der Waals surface area (Å²) in [4.78, 5) is 60.3. The molecule has 10 nitrogen and oxygen atoms in total. The normalized spacial score (nSPS) is 32.5. The summed E-state index contributed by atoms with van der Waals surface area (Å²) in [6, 6.07) is 15.7. The molecular formula is C38H45N3O7. The third-order valence-corrected chi connectivity index (χ3v) is 10.2. The number of carbonyl (C=O) groups excluding carboxylic acids is 4. The molecule has 2 aromatic carbocycles. The first kappa shape index (κ1) is 33.6. The van der Waals surface area contributed by atoms with E-state index in [9.17, 15) is 24.3 Å². The minimum Gasteiger partial charge on any atom is -0.455 e. The minimum absolute atomic E-state index is 0.111. The van der Waals surface area contributed by atoms with Crippen LogP contribution in [0.2, 0.25) is 0 Å². The number of nitrogens with one attached hydrogen (secondary N) is 1. The molecule has 0 radical (unpaired) electrons. The molecule has 4 aliphatic rings. The molecule has 254 valence electrons. The van der Waals surface area contributed by atoms with Crippen molar-refractivity contribution in [3.05, 3.63) is 96.1 Å². The maximum atomic E-state index is 15.0. The van der Waals surface area contributed by atoms with E-state index >= 15 is 0 Å². The molecule has 6 rings (SSSR count). The number of hydrogen-bond donors (Lipinski definition) is 2. The van der Waals surface area contributed by atoms with Gasteiger partial charge in [0.05, 0.1) is 30.7 Å². The summed E-state index contributed by atoms with van der Waals surface area (Å²) in [5.74, 6) is -3.77. The highest BCUT2D eigenvalue weighted by molar-refractivity contribution is 5.99. The molecule has 2 fully saturated rings. The summed E-state index contributed by atoms with van der Waals surface area (Å²) in [6.07, 6.45) is 7.70. The highest BCUT2D eigenvalue weighted by atomic mass is 16.6. The van der Waals surface area contributed by atoms with Crippen LogP contribution in [0.15, 0.2) is 85.0 Å². The molecule has 48 heavy (non-hydrogen) atoms. The number of amides is 3. The number of aliphatic hydroxyl groups is 1. The number of hydrogen-bond acceptors (Lipinski definition) is 7. The lowest BCUT2D eigenvalue weighted by Gasteiger charge is -2.40. The van der Waals surface area contributed by atoms with Gasteiger partial charge in [-0.15, -0.1) is 0 Å². The molecule has 4 aliphatic heterocycles. The van der Waals surface area contributed by atoms with E-state index in [0.717, 1.165) is 12.8 Å². The zero-order valence-electron chi connectivity index (χ0n) is 27.7. The fourth-order valence-corrected chi connectivity index (χ4v) is 8.00. The number of cyclic esters (lactones) is 1. The average molecular weight is 656 g/mol. The Hall–Kier alpha value is -4.28. The zero-order valence-corrected chi connectivity index (χ0v) is 27.7. The number of esters is 1. The Bertz CT molecular complexity index is 1560. The van der Waals surface area contributed by atoms with Crippen molar-refractivity contribution in [1.82, 2.24) is 15.1 Å². The summed E-state index contributed by atoms with van der Waals surface area (Å²) in [5.41, 5.74) is -0.134. The van der Waals surface area contributed by atoms with Gasteiger partial charge in [0.2, 0.25) is 17.7 Å². The molecule has 2 N–H and O–H groups in total. The van der Waals surface area contributed by atoms with Crippen molar-refractivity contribution in [1.29, 1.82) is 0 Å². The monoisotopic (exact) mass is 655 g/mol. The van der Waals surface area contributed by atoms with Crippen LogP contribution in [0.4, 0.5) is 0 Å². The van der Waals surface area contributed by atoms with E-state index in [-0.39, 0.29) is 24.3 Å². The fourth-order valence-electron chi connectivity index (χ4n) is 8.00. The maximum Gasteiger partial charge on any atom is 0.313 e. The highest BCUT2D eigenvalue weighted by Gasteiger charge is 2.72. The zero-order chi connectivity index (χ0) is 34.0. The second-order valence-electron chi connectivity index (χ2n) is 13.3. The van der Waals surface area contributed by atoms with E-state index in [1.54, 1.807) is 30.1 Å². The van der Waals surface area contributed by atoms with E-state index in [4.69, 9.17) is 9.47 Å². The SMILES string of the molecule is CCCC(C)N1CC=C[C@@]23O[C@H]4/C=C\CCC(=O)N[C@@H](C)[C@H](c5ccccc5)OC(=O)[C@H]4[C@@H]2C(=O)N([C@H](CO)c2ccccc2)[C@H]3C1=O. The maximum absolute atomic E-state index is 15.0. The molecule has 1 unspecified atom stereocenters. The first-order chi connectivity index (χ1) is 23.2. The van der Waals surface area contributed by atoms with Gasteiger partial charge in [-0.3, -0.25) is 19.2 Å². The molecular weight excluding hydrogens is 610 g/mol. The second kappa shape index (κ2) is 14.1. The fraction of sp³-hybridized carbons (Fsp3) is 0.474. The summed E-state index contributed by atoms with van der Waals surface area (Å²) >= 11 is 0. The predicted octanol–water partition coefficient (Wildman–Crippen LogP) is 4.03. The smallest absolute Gasteiger partial charge is 0.313 e. The number of rotatable bonds is 7. The Morgan fingerprint density at radius 1 is 1.00 bits per heavy atom. The third-order valence-electron chi connectivity index (χ3n) is 10.2. The molecule has 2 aromatic rings. The van der Waals surface area contributed by atoms with Crippen LogP contribution < -0.4 is 5.32 Å². The van der Waals surface area contributed by atoms with Crippen molar-refractivity contribution in [2.24, 2.45) is 11.8 Å². The van der Waals surface area contributed by atoms with Crippen LogP contribution in [0.5, 0.6) is 0 Å². The Morgan fingerprint density at radius 3 is 2.40 bits per heavy atom. The van der Waals surface area contributed by atoms with Gasteiger partial charge in [0.15, 0.2) is 0 Å². The topological polar surface area (TPSA) is 125 Å². The van der Waals surface area contributed by atoms with Crippen LogP contribution in [0.3, 0.4) is 0 Å². The molecule has 3 amide bonds. The number of carbonyl (C=O) groups is 4. The van der Waals surface area contributed by atoms with Gasteiger partial charge in [0, 0.05) is 19.0 Å². The van der Waals surface area contributed by atoms with Crippen molar-refractivity contribution < 1.29 is 33.8 Å². The minimum atomic E-state index is -1.50. The van der Waals surface area contributed by atoms with Crippen LogP contribution in [0, 0.1) is 11.8 Å². The molecule has 2 saturated heterocycles. The van der Waals surface area contributed by atoms with Crippen LogP contribution in [0.1, 0.15) is 69.7 Å². The van der Waals surface area contributed by atoms with E-state index in [2.05, 4.69) is 12.2 Å². The van der Waals surface area contributed by atoms with Gasteiger partial charge in [0.1, 0.15) is 23.7 Å². The van der Waals surface area contributed by atoms with Gasteiger partial charge in [-0.1, -0.05) is 98.3 Å². The third kappa shape index (κ3) is 5.96. The highest BCUT2D eigenvalue weighted by Crippen LogP contribution is 2.55. The predicted molar refractivity (Wildman–Crippen MR) is 178 cm³/mol. The second-order valence-corrected chi connectivity index (χ2v) is 13.3. The van der Waals surface area contributed by atoms with Gasteiger partial charge < -0.3 is 29.7 Å². The van der Waals surface area contributed by atoms with E-state index in [0.29, 0.717) is 24.1 Å². The summed E-state index contributed by atoms with van der Waals surface area (Å²) in [7, 11) is 0. The van der Waals surface area contributed by atoms with Gasteiger partial charge in [-0.2, -0.15) is 0 Å². The number of aliphatic hydroxyl groups excluding tert-OH is 1. The Kier molecular flexibility index (Phi) is 9.85. The molecule has 0 bridgehead atoms. The Balaban J connectivity index is 1.48. The first-order valence-electron chi connectivity index (χ1n) is 17.1. The van der Waals surface area contributed by atoms with Crippen molar-refractivity contribution in [2.75, 3.05) is 13.2 Å². The Labute approximate surface area is 281 Å². The van der Waals surface area contributed by atoms with Gasteiger partial charge >= 0.3 is 5.97 Å². The molecule has 0 aliphatic carbocycles. The van der Waals surface area contributed by atoms with Crippen molar-refractivity contribution >= 4 is 23.7 Å². The van der Waals surface area contributed by atoms with Crippen LogP contribution in [-0.4, -0.2) is 81.6 Å². The number of benzene rings is 2. The quantitative estimate of drug-likeness (QED) is 0.341. The van der Waals surface area contributed by atoms with Gasteiger partial charge in [-0.05, 0) is 37.8 Å². The molecule has 1 spiro atoms. The van der Waals surface area contributed by atoms with Gasteiger partial charge in [-0.25, -0.2) is 0 Å². The largest absolute Gasteiger partial charge is 0.455 e. The van der Waals surface area contributed by atoms with Crippen LogP contribution in [-0.2, 0) is 28.7 Å². The number of likely N-dealkylation sites (tertiary alicyclic amines) is 1. The molecule has 9 atom stereocenters. The van der Waals surface area contributed by atoms with E-state index in [1.807, 2.05) is 73.7 Å². The summed E-state index contributed by atoms with van der Waals surface area (Å²) < 4.78 is 13.1. The van der Waals surface area contributed by atoms with Crippen LogP contribution >= 0.6 is 0 Å². The van der Waals surface area contributed by atoms with E-state index in [1.165, 1.54) is 4.90 Å². The van der Waals surface area contributed by atoms with E-state index < -0.39 is 66.3 Å². The van der Waals surface area contributed by atoms with Crippen molar-refractivity contribution in [3.63, 3.8) is 0 Å². The molecule has 10 heteroatoms. The average Bonchev–Trinajstić information content (AvgIpc) is 3.47. The van der Waals surface area contributed by atoms with Crippen LogP contribution in [0.25, 0.3) is 0 Å². The lowest BCUT2D eigenvalue weighted by molar-refractivity contribution is -0.162.